The minimum Gasteiger partial charge on any atom is -0.450 e. The van der Waals surface area contributed by atoms with Crippen molar-refractivity contribution in [2.75, 3.05) is 18.9 Å². The van der Waals surface area contributed by atoms with E-state index in [0.717, 1.165) is 40.5 Å². The summed E-state index contributed by atoms with van der Waals surface area (Å²) in [5.41, 5.74) is 1.42. The molecule has 1 N–H and O–H groups in total. The van der Waals surface area contributed by atoms with Gasteiger partial charge in [-0.05, 0) is 18.9 Å². The highest BCUT2D eigenvalue weighted by atomic mass is 32.2. The lowest BCUT2D eigenvalue weighted by Crippen LogP contribution is -2.30. The van der Waals surface area contributed by atoms with Crippen molar-refractivity contribution < 1.29 is 18.7 Å². The normalized spacial score (nSPS) is 16.5. The maximum absolute atomic E-state index is 12.5. The number of thioether (sulfide) groups is 2. The average Bonchev–Trinajstić information content (AvgIpc) is 3.17. The van der Waals surface area contributed by atoms with E-state index >= 15 is 0 Å². The molecule has 1 aliphatic heterocycles. The topological polar surface area (TPSA) is 80.9 Å². The Morgan fingerprint density at radius 1 is 1.35 bits per heavy atom. The van der Waals surface area contributed by atoms with Gasteiger partial charge in [0.05, 0.1) is 6.54 Å². The third-order valence-electron chi connectivity index (χ3n) is 4.06. The third-order valence-corrected chi connectivity index (χ3v) is 6.34. The molecule has 4 rings (SSSR count). The molecular formula is C18H18N2O4S2. The van der Waals surface area contributed by atoms with Crippen molar-refractivity contribution in [2.24, 2.45) is 4.99 Å². The highest BCUT2D eigenvalue weighted by Gasteiger charge is 2.26. The van der Waals surface area contributed by atoms with Gasteiger partial charge in [0.2, 0.25) is 5.76 Å². The molecule has 0 saturated heterocycles. The van der Waals surface area contributed by atoms with Crippen molar-refractivity contribution in [1.29, 1.82) is 0 Å². The van der Waals surface area contributed by atoms with Crippen molar-refractivity contribution in [3.05, 3.63) is 35.6 Å². The second kappa shape index (κ2) is 7.75. The SMILES string of the molecule is O=C(COC(=O)c1oc2ccccc2c1CSC1=NCCS1)NC1CC1. The van der Waals surface area contributed by atoms with Gasteiger partial charge in [-0.25, -0.2) is 4.79 Å². The standard InChI is InChI=1S/C18H18N2O4S2/c21-15(20-11-5-6-11)9-23-17(22)16-13(10-26-18-19-7-8-25-18)12-3-1-2-4-14(12)24-16/h1-4,11H,5-10H2,(H,20,21). The zero-order valence-corrected chi connectivity index (χ0v) is 15.7. The first kappa shape index (κ1) is 17.5. The Labute approximate surface area is 159 Å². The Hall–Kier alpha value is -1.93. The number of ether oxygens (including phenoxy) is 1. The van der Waals surface area contributed by atoms with Crippen LogP contribution in [0.25, 0.3) is 11.0 Å². The number of esters is 1. The largest absolute Gasteiger partial charge is 0.450 e. The van der Waals surface area contributed by atoms with Gasteiger partial charge in [-0.15, -0.1) is 0 Å². The molecule has 1 aliphatic carbocycles. The molecule has 6 nitrogen and oxygen atoms in total. The van der Waals surface area contributed by atoms with Crippen LogP contribution in [-0.4, -0.2) is 41.2 Å². The zero-order valence-electron chi connectivity index (χ0n) is 14.0. The van der Waals surface area contributed by atoms with Crippen LogP contribution in [0.4, 0.5) is 0 Å². The summed E-state index contributed by atoms with van der Waals surface area (Å²) in [4.78, 5) is 28.7. The van der Waals surface area contributed by atoms with Crippen LogP contribution in [0, 0.1) is 0 Å². The third kappa shape index (κ3) is 4.07. The Morgan fingerprint density at radius 2 is 2.19 bits per heavy atom. The Morgan fingerprint density at radius 3 is 2.96 bits per heavy atom. The maximum Gasteiger partial charge on any atom is 0.375 e. The number of amides is 1. The number of hydrogen-bond donors (Lipinski definition) is 1. The lowest BCUT2D eigenvalue weighted by molar-refractivity contribution is -0.124. The van der Waals surface area contributed by atoms with E-state index in [1.54, 1.807) is 23.5 Å². The molecule has 0 unspecified atom stereocenters. The van der Waals surface area contributed by atoms with Gasteiger partial charge in [-0.1, -0.05) is 41.7 Å². The molecule has 0 spiro atoms. The smallest absolute Gasteiger partial charge is 0.375 e. The quantitative estimate of drug-likeness (QED) is 0.763. The Bertz CT molecular complexity index is 873. The van der Waals surface area contributed by atoms with Gasteiger partial charge in [0, 0.05) is 28.5 Å². The number of benzene rings is 1. The van der Waals surface area contributed by atoms with Crippen LogP contribution in [0.1, 0.15) is 29.0 Å². The number of furan rings is 1. The van der Waals surface area contributed by atoms with Crippen molar-refractivity contribution in [3.63, 3.8) is 0 Å². The number of rotatable bonds is 6. The fourth-order valence-electron chi connectivity index (χ4n) is 2.64. The summed E-state index contributed by atoms with van der Waals surface area (Å²) in [5, 5.41) is 3.68. The fourth-order valence-corrected chi connectivity index (χ4v) is 4.67. The number of aliphatic imine (C=N–C) groups is 1. The molecule has 2 aromatic rings. The van der Waals surface area contributed by atoms with Crippen LogP contribution < -0.4 is 5.32 Å². The van der Waals surface area contributed by atoms with E-state index in [1.165, 1.54) is 0 Å². The summed E-state index contributed by atoms with van der Waals surface area (Å²) in [6, 6.07) is 7.75. The van der Waals surface area contributed by atoms with E-state index in [1.807, 2.05) is 24.3 Å². The van der Waals surface area contributed by atoms with Gasteiger partial charge in [0.25, 0.3) is 5.91 Å². The number of hydrogen-bond acceptors (Lipinski definition) is 7. The summed E-state index contributed by atoms with van der Waals surface area (Å²) in [6.45, 7) is 0.547. The van der Waals surface area contributed by atoms with Crippen LogP contribution in [0.15, 0.2) is 33.7 Å². The summed E-state index contributed by atoms with van der Waals surface area (Å²) in [6.07, 6.45) is 1.99. The lowest BCUT2D eigenvalue weighted by atomic mass is 10.1. The molecule has 2 aliphatic rings. The van der Waals surface area contributed by atoms with Crippen LogP contribution >= 0.6 is 23.5 Å². The summed E-state index contributed by atoms with van der Waals surface area (Å²) in [5.74, 6) is 0.857. The van der Waals surface area contributed by atoms with E-state index < -0.39 is 5.97 Å². The molecule has 26 heavy (non-hydrogen) atoms. The van der Waals surface area contributed by atoms with Crippen molar-refractivity contribution in [1.82, 2.24) is 5.32 Å². The Balaban J connectivity index is 1.49. The monoisotopic (exact) mass is 390 g/mol. The van der Waals surface area contributed by atoms with Gasteiger partial charge in [0.15, 0.2) is 6.61 Å². The predicted molar refractivity (Wildman–Crippen MR) is 104 cm³/mol. The first-order valence-electron chi connectivity index (χ1n) is 8.47. The summed E-state index contributed by atoms with van der Waals surface area (Å²) in [7, 11) is 0. The van der Waals surface area contributed by atoms with Gasteiger partial charge in [0.1, 0.15) is 9.96 Å². The number of nitrogens with one attached hydrogen (secondary N) is 1. The molecule has 8 heteroatoms. The minimum absolute atomic E-state index is 0.168. The lowest BCUT2D eigenvalue weighted by Gasteiger charge is -2.06. The molecule has 1 saturated carbocycles. The van der Waals surface area contributed by atoms with Crippen LogP contribution in [0.2, 0.25) is 0 Å². The molecule has 1 aromatic heterocycles. The number of fused-ring (bicyclic) bond motifs is 1. The first-order chi connectivity index (χ1) is 12.7. The van der Waals surface area contributed by atoms with Gasteiger partial charge in [-0.3, -0.25) is 9.79 Å². The number of para-hydroxylation sites is 1. The van der Waals surface area contributed by atoms with Crippen molar-refractivity contribution in [3.8, 4) is 0 Å². The molecule has 2 heterocycles. The summed E-state index contributed by atoms with van der Waals surface area (Å²) >= 11 is 3.32. The van der Waals surface area contributed by atoms with E-state index in [-0.39, 0.29) is 24.3 Å². The second-order valence-corrected chi connectivity index (χ2v) is 8.41. The van der Waals surface area contributed by atoms with Crippen molar-refractivity contribution in [2.45, 2.75) is 24.6 Å². The Kier molecular flexibility index (Phi) is 5.21. The first-order valence-corrected chi connectivity index (χ1v) is 10.4. The maximum atomic E-state index is 12.5. The summed E-state index contributed by atoms with van der Waals surface area (Å²) < 4.78 is 11.9. The van der Waals surface area contributed by atoms with Gasteiger partial charge < -0.3 is 14.5 Å². The van der Waals surface area contributed by atoms with Gasteiger partial charge >= 0.3 is 5.97 Å². The van der Waals surface area contributed by atoms with Gasteiger partial charge in [-0.2, -0.15) is 0 Å². The second-order valence-electron chi connectivity index (χ2n) is 6.11. The van der Waals surface area contributed by atoms with Crippen LogP contribution in [0.3, 0.4) is 0 Å². The van der Waals surface area contributed by atoms with Crippen LogP contribution in [-0.2, 0) is 15.3 Å². The van der Waals surface area contributed by atoms with E-state index in [4.69, 9.17) is 9.15 Å². The molecule has 0 radical (unpaired) electrons. The van der Waals surface area contributed by atoms with E-state index in [0.29, 0.717) is 11.3 Å². The highest BCUT2D eigenvalue weighted by Crippen LogP contribution is 2.32. The number of nitrogens with zero attached hydrogens (tertiary/aromatic N) is 1. The fraction of sp³-hybridized carbons (Fsp3) is 0.389. The number of carbonyl (C=O) groups is 2. The minimum atomic E-state index is -0.608. The molecule has 1 fully saturated rings. The average molecular weight is 390 g/mol. The molecule has 0 atom stereocenters. The van der Waals surface area contributed by atoms with Crippen molar-refractivity contribution >= 4 is 50.7 Å². The molecule has 1 amide bonds. The predicted octanol–water partition coefficient (Wildman–Crippen LogP) is 3.20. The number of carbonyl (C=O) groups excluding carboxylic acids is 2. The molecule has 1 aromatic carbocycles. The molecular weight excluding hydrogens is 372 g/mol. The molecule has 0 bridgehead atoms. The van der Waals surface area contributed by atoms with E-state index in [2.05, 4.69) is 10.3 Å². The van der Waals surface area contributed by atoms with Crippen LogP contribution in [0.5, 0.6) is 0 Å². The highest BCUT2D eigenvalue weighted by molar-refractivity contribution is 8.38. The molecule has 136 valence electrons. The van der Waals surface area contributed by atoms with E-state index in [9.17, 15) is 9.59 Å². The zero-order chi connectivity index (χ0) is 17.9.